The summed E-state index contributed by atoms with van der Waals surface area (Å²) in [6.45, 7) is -0.165. The van der Waals surface area contributed by atoms with E-state index in [2.05, 4.69) is 0 Å². The highest BCUT2D eigenvalue weighted by atomic mass is 16.4. The van der Waals surface area contributed by atoms with Gasteiger partial charge in [-0.3, -0.25) is 0 Å². The summed E-state index contributed by atoms with van der Waals surface area (Å²) in [7, 11) is 0. The van der Waals surface area contributed by atoms with Gasteiger partial charge in [-0.25, -0.2) is 0 Å². The predicted molar refractivity (Wildman–Crippen MR) is 50.2 cm³/mol. The van der Waals surface area contributed by atoms with Gasteiger partial charge in [0.05, 0.1) is 0 Å². The van der Waals surface area contributed by atoms with E-state index in [-0.39, 0.29) is 25.0 Å². The Kier molecular flexibility index (Phi) is 3.11. The molecule has 0 aliphatic carbocycles. The van der Waals surface area contributed by atoms with E-state index in [1.165, 1.54) is 0 Å². The monoisotopic (exact) mass is 216 g/mol. The molecule has 0 unspecified atom stereocenters. The van der Waals surface area contributed by atoms with Crippen molar-refractivity contribution in [3.8, 4) is 28.7 Å². The van der Waals surface area contributed by atoms with Gasteiger partial charge in [-0.05, 0) is 12.8 Å². The molecule has 15 heavy (non-hydrogen) atoms. The van der Waals surface area contributed by atoms with Gasteiger partial charge in [-0.1, -0.05) is 0 Å². The summed E-state index contributed by atoms with van der Waals surface area (Å²) in [5.41, 5.74) is -0.114. The molecule has 1 rings (SSSR count). The van der Waals surface area contributed by atoms with Crippen LogP contribution in [0.4, 0.5) is 0 Å². The molecule has 0 spiro atoms. The molecule has 0 saturated carbocycles. The molecule has 0 atom stereocenters. The summed E-state index contributed by atoms with van der Waals surface area (Å²) in [6.07, 6.45) is 0.306. The van der Waals surface area contributed by atoms with Crippen LogP contribution < -0.4 is 0 Å². The first-order valence-electron chi connectivity index (χ1n) is 4.29. The van der Waals surface area contributed by atoms with Crippen molar-refractivity contribution in [3.05, 3.63) is 5.56 Å². The lowest BCUT2D eigenvalue weighted by Crippen LogP contribution is -1.92. The minimum absolute atomic E-state index is 0.0650. The first-order valence-corrected chi connectivity index (χ1v) is 4.29. The number of hydrogen-bond acceptors (Lipinski definition) is 6. The molecular formula is C9H12O6. The lowest BCUT2D eigenvalue weighted by molar-refractivity contribution is 0.285. The molecule has 1 aromatic rings. The van der Waals surface area contributed by atoms with Gasteiger partial charge in [0.1, 0.15) is 0 Å². The third-order valence-electron chi connectivity index (χ3n) is 2.05. The van der Waals surface area contributed by atoms with E-state index in [9.17, 15) is 10.2 Å². The fraction of sp³-hybridized carbons (Fsp3) is 0.333. The zero-order valence-corrected chi connectivity index (χ0v) is 7.80. The molecule has 0 aromatic heterocycles. The highest BCUT2D eigenvalue weighted by molar-refractivity contribution is 5.67. The fourth-order valence-corrected chi connectivity index (χ4v) is 1.23. The van der Waals surface area contributed by atoms with Gasteiger partial charge < -0.3 is 30.6 Å². The second-order valence-electron chi connectivity index (χ2n) is 3.05. The van der Waals surface area contributed by atoms with Crippen molar-refractivity contribution in [3.63, 3.8) is 0 Å². The fourth-order valence-electron chi connectivity index (χ4n) is 1.23. The third kappa shape index (κ3) is 1.84. The normalized spacial score (nSPS) is 10.5. The van der Waals surface area contributed by atoms with Crippen LogP contribution in [-0.4, -0.2) is 37.2 Å². The van der Waals surface area contributed by atoms with Crippen LogP contribution in [0.15, 0.2) is 0 Å². The number of benzene rings is 1. The molecule has 0 fully saturated rings. The van der Waals surface area contributed by atoms with Crippen molar-refractivity contribution < 1.29 is 30.6 Å². The minimum atomic E-state index is -0.974. The topological polar surface area (TPSA) is 121 Å². The summed E-state index contributed by atoms with van der Waals surface area (Å²) in [5.74, 6) is -4.15. The molecule has 84 valence electrons. The first kappa shape index (κ1) is 11.3. The van der Waals surface area contributed by atoms with Crippen molar-refractivity contribution in [2.24, 2.45) is 0 Å². The van der Waals surface area contributed by atoms with Crippen LogP contribution >= 0.6 is 0 Å². The molecule has 0 bridgehead atoms. The molecule has 0 saturated heterocycles. The lowest BCUT2D eigenvalue weighted by Gasteiger charge is -2.11. The molecule has 0 radical (unpaired) electrons. The summed E-state index contributed by atoms with van der Waals surface area (Å²) < 4.78 is 0. The standard InChI is InChI=1S/C9H12O6/c10-3-1-2-4-5(11)7(13)9(15)8(14)6(4)12/h10-15H,1-3H2. The van der Waals surface area contributed by atoms with E-state index in [0.717, 1.165) is 0 Å². The maximum absolute atomic E-state index is 9.35. The Balaban J connectivity index is 3.26. The summed E-state index contributed by atoms with van der Waals surface area (Å²) >= 11 is 0. The van der Waals surface area contributed by atoms with E-state index in [1.807, 2.05) is 0 Å². The Hall–Kier alpha value is -1.82. The highest BCUT2D eigenvalue weighted by Gasteiger charge is 2.22. The van der Waals surface area contributed by atoms with Crippen LogP contribution in [0.1, 0.15) is 12.0 Å². The van der Waals surface area contributed by atoms with Crippen molar-refractivity contribution in [2.45, 2.75) is 12.8 Å². The Labute approximate surface area is 85.3 Å². The quantitative estimate of drug-likeness (QED) is 0.315. The number of phenolic OH excluding ortho intramolecular Hbond substituents is 5. The van der Waals surface area contributed by atoms with Crippen molar-refractivity contribution >= 4 is 0 Å². The van der Waals surface area contributed by atoms with E-state index in [1.54, 1.807) is 0 Å². The number of hydrogen-bond donors (Lipinski definition) is 6. The van der Waals surface area contributed by atoms with Gasteiger partial charge in [0.2, 0.25) is 17.2 Å². The summed E-state index contributed by atoms with van der Waals surface area (Å²) in [5, 5.41) is 54.6. The van der Waals surface area contributed by atoms with Crippen LogP contribution in [0.2, 0.25) is 0 Å². The van der Waals surface area contributed by atoms with E-state index < -0.39 is 28.7 Å². The summed E-state index contributed by atoms with van der Waals surface area (Å²) in [4.78, 5) is 0. The number of phenols is 5. The third-order valence-corrected chi connectivity index (χ3v) is 2.05. The molecule has 0 aliphatic rings. The average molecular weight is 216 g/mol. The lowest BCUT2D eigenvalue weighted by atomic mass is 10.1. The number of aliphatic hydroxyl groups is 1. The largest absolute Gasteiger partial charge is 0.504 e. The maximum atomic E-state index is 9.35. The first-order chi connectivity index (χ1) is 7.00. The zero-order chi connectivity index (χ0) is 11.6. The molecule has 0 heterocycles. The van der Waals surface area contributed by atoms with Gasteiger partial charge in [0, 0.05) is 12.2 Å². The van der Waals surface area contributed by atoms with Crippen molar-refractivity contribution in [1.82, 2.24) is 0 Å². The van der Waals surface area contributed by atoms with E-state index >= 15 is 0 Å². The van der Waals surface area contributed by atoms with Crippen LogP contribution in [0.3, 0.4) is 0 Å². The average Bonchev–Trinajstić information content (AvgIpc) is 2.24. The Morgan fingerprint density at radius 1 is 0.667 bits per heavy atom. The van der Waals surface area contributed by atoms with Crippen molar-refractivity contribution in [2.75, 3.05) is 6.61 Å². The summed E-state index contributed by atoms with van der Waals surface area (Å²) in [6, 6.07) is 0. The van der Waals surface area contributed by atoms with Gasteiger partial charge >= 0.3 is 0 Å². The van der Waals surface area contributed by atoms with E-state index in [4.69, 9.17) is 20.4 Å². The second-order valence-corrected chi connectivity index (χ2v) is 3.05. The van der Waals surface area contributed by atoms with Crippen LogP contribution in [0, 0.1) is 0 Å². The van der Waals surface area contributed by atoms with Crippen LogP contribution in [0.25, 0.3) is 0 Å². The van der Waals surface area contributed by atoms with Gasteiger partial charge in [-0.15, -0.1) is 0 Å². The molecule has 0 amide bonds. The number of aliphatic hydroxyl groups excluding tert-OH is 1. The second kappa shape index (κ2) is 4.14. The Bertz CT molecular complexity index is 344. The van der Waals surface area contributed by atoms with Crippen LogP contribution in [-0.2, 0) is 6.42 Å². The zero-order valence-electron chi connectivity index (χ0n) is 7.80. The van der Waals surface area contributed by atoms with Crippen LogP contribution in [0.5, 0.6) is 28.7 Å². The maximum Gasteiger partial charge on any atom is 0.208 e. The van der Waals surface area contributed by atoms with Gasteiger partial charge in [0.15, 0.2) is 11.5 Å². The molecular weight excluding hydrogens is 204 g/mol. The number of rotatable bonds is 3. The number of aromatic hydroxyl groups is 5. The Morgan fingerprint density at radius 2 is 1.07 bits per heavy atom. The SMILES string of the molecule is OCCCc1c(O)c(O)c(O)c(O)c1O. The van der Waals surface area contributed by atoms with E-state index in [0.29, 0.717) is 0 Å². The molecule has 6 N–H and O–H groups in total. The molecule has 1 aromatic carbocycles. The predicted octanol–water partition coefficient (Wildman–Crippen LogP) is 0.139. The Morgan fingerprint density at radius 3 is 1.47 bits per heavy atom. The highest BCUT2D eigenvalue weighted by Crippen LogP contribution is 2.50. The van der Waals surface area contributed by atoms with Gasteiger partial charge in [0.25, 0.3) is 0 Å². The molecule has 6 nitrogen and oxygen atoms in total. The minimum Gasteiger partial charge on any atom is -0.504 e. The van der Waals surface area contributed by atoms with Crippen molar-refractivity contribution in [1.29, 1.82) is 0 Å². The molecule has 0 aliphatic heterocycles. The molecule has 6 heteroatoms. The van der Waals surface area contributed by atoms with Gasteiger partial charge in [-0.2, -0.15) is 0 Å². The smallest absolute Gasteiger partial charge is 0.208 e.